The fourth-order valence-electron chi connectivity index (χ4n) is 1.61. The molecule has 0 aromatic carbocycles. The fraction of sp³-hybridized carbons (Fsp3) is 0.417. The van der Waals surface area contributed by atoms with Crippen LogP contribution in [0.3, 0.4) is 0 Å². The highest BCUT2D eigenvalue weighted by Gasteiger charge is 2.16. The summed E-state index contributed by atoms with van der Waals surface area (Å²) in [4.78, 5) is 8.24. The van der Waals surface area contributed by atoms with Gasteiger partial charge in [0.2, 0.25) is 11.7 Å². The first-order valence-corrected chi connectivity index (χ1v) is 5.66. The lowest BCUT2D eigenvalue weighted by atomic mass is 10.0. The summed E-state index contributed by atoms with van der Waals surface area (Å²) in [5.74, 6) is 1.55. The summed E-state index contributed by atoms with van der Waals surface area (Å²) in [6.45, 7) is 4.22. The third kappa shape index (κ3) is 2.88. The van der Waals surface area contributed by atoms with E-state index in [0.717, 1.165) is 12.0 Å². The van der Waals surface area contributed by atoms with E-state index >= 15 is 0 Å². The zero-order valence-corrected chi connectivity index (χ0v) is 10.00. The number of nitrogens with two attached hydrogens (primary N) is 1. The van der Waals surface area contributed by atoms with Gasteiger partial charge in [0.1, 0.15) is 0 Å². The molecule has 2 aromatic rings. The average molecular weight is 232 g/mol. The normalized spacial score (nSPS) is 12.9. The summed E-state index contributed by atoms with van der Waals surface area (Å²) in [6.07, 6.45) is 4.22. The first-order chi connectivity index (χ1) is 8.16. The average Bonchev–Trinajstić information content (AvgIpc) is 2.78. The van der Waals surface area contributed by atoms with Gasteiger partial charge in [0.15, 0.2) is 0 Å². The molecule has 0 aliphatic rings. The van der Waals surface area contributed by atoms with Gasteiger partial charge < -0.3 is 10.3 Å². The molecule has 2 rings (SSSR count). The smallest absolute Gasteiger partial charge is 0.243 e. The van der Waals surface area contributed by atoms with Crippen LogP contribution >= 0.6 is 0 Å². The Morgan fingerprint density at radius 3 is 2.65 bits per heavy atom. The lowest BCUT2D eigenvalue weighted by Crippen LogP contribution is -2.13. The van der Waals surface area contributed by atoms with E-state index < -0.39 is 0 Å². The third-order valence-electron chi connectivity index (χ3n) is 2.42. The number of hydrogen-bond acceptors (Lipinski definition) is 5. The standard InChI is InChI=1S/C12H16N4O/c1-8(2)7-10(13)12-15-11(16-17-12)9-3-5-14-6-4-9/h3-6,8,10H,7,13H2,1-2H3/t10-/m0/s1. The van der Waals surface area contributed by atoms with E-state index in [-0.39, 0.29) is 6.04 Å². The molecule has 0 fully saturated rings. The van der Waals surface area contributed by atoms with Crippen LogP contribution < -0.4 is 5.73 Å². The van der Waals surface area contributed by atoms with Crippen molar-refractivity contribution < 1.29 is 4.52 Å². The lowest BCUT2D eigenvalue weighted by Gasteiger charge is -2.08. The molecule has 0 aliphatic heterocycles. The van der Waals surface area contributed by atoms with Gasteiger partial charge in [-0.25, -0.2) is 0 Å². The molecule has 0 saturated carbocycles. The van der Waals surface area contributed by atoms with E-state index in [1.165, 1.54) is 0 Å². The molecule has 2 aromatic heterocycles. The van der Waals surface area contributed by atoms with E-state index in [4.69, 9.17) is 10.3 Å². The van der Waals surface area contributed by atoms with Gasteiger partial charge in [-0.2, -0.15) is 4.98 Å². The number of rotatable bonds is 4. The van der Waals surface area contributed by atoms with Crippen LogP contribution in [-0.4, -0.2) is 15.1 Å². The van der Waals surface area contributed by atoms with Gasteiger partial charge in [-0.1, -0.05) is 19.0 Å². The molecule has 5 heteroatoms. The van der Waals surface area contributed by atoms with Crippen LogP contribution in [0.5, 0.6) is 0 Å². The number of pyridine rings is 1. The second kappa shape index (κ2) is 5.05. The number of nitrogens with zero attached hydrogens (tertiary/aromatic N) is 3. The summed E-state index contributed by atoms with van der Waals surface area (Å²) in [5, 5.41) is 3.92. The Hall–Kier alpha value is -1.75. The van der Waals surface area contributed by atoms with Gasteiger partial charge in [0.25, 0.3) is 0 Å². The second-order valence-corrected chi connectivity index (χ2v) is 4.43. The van der Waals surface area contributed by atoms with Crippen LogP contribution in [0.15, 0.2) is 29.0 Å². The first-order valence-electron chi connectivity index (χ1n) is 5.66. The third-order valence-corrected chi connectivity index (χ3v) is 2.42. The van der Waals surface area contributed by atoms with Gasteiger partial charge in [0.05, 0.1) is 6.04 Å². The Bertz CT molecular complexity index is 466. The highest BCUT2D eigenvalue weighted by Crippen LogP contribution is 2.20. The summed E-state index contributed by atoms with van der Waals surface area (Å²) in [7, 11) is 0. The van der Waals surface area contributed by atoms with Crippen molar-refractivity contribution in [3.8, 4) is 11.4 Å². The van der Waals surface area contributed by atoms with Crippen molar-refractivity contribution in [2.75, 3.05) is 0 Å². The Morgan fingerprint density at radius 1 is 1.29 bits per heavy atom. The zero-order chi connectivity index (χ0) is 12.3. The van der Waals surface area contributed by atoms with Crippen molar-refractivity contribution >= 4 is 0 Å². The van der Waals surface area contributed by atoms with Crippen LogP contribution in [-0.2, 0) is 0 Å². The minimum absolute atomic E-state index is 0.196. The predicted molar refractivity (Wildman–Crippen MR) is 63.9 cm³/mol. The highest BCUT2D eigenvalue weighted by molar-refractivity contribution is 5.52. The van der Waals surface area contributed by atoms with Gasteiger partial charge in [-0.15, -0.1) is 0 Å². The molecule has 0 spiro atoms. The van der Waals surface area contributed by atoms with Crippen molar-refractivity contribution in [1.82, 2.24) is 15.1 Å². The molecular formula is C12H16N4O. The maximum atomic E-state index is 5.98. The molecule has 2 heterocycles. The summed E-state index contributed by atoms with van der Waals surface area (Å²) >= 11 is 0. The van der Waals surface area contributed by atoms with Crippen molar-refractivity contribution in [2.45, 2.75) is 26.3 Å². The number of aromatic nitrogens is 3. The molecule has 17 heavy (non-hydrogen) atoms. The fourth-order valence-corrected chi connectivity index (χ4v) is 1.61. The van der Waals surface area contributed by atoms with E-state index in [0.29, 0.717) is 17.6 Å². The molecule has 90 valence electrons. The quantitative estimate of drug-likeness (QED) is 0.874. The zero-order valence-electron chi connectivity index (χ0n) is 10.00. The van der Waals surface area contributed by atoms with Crippen LogP contribution in [0, 0.1) is 5.92 Å². The van der Waals surface area contributed by atoms with Gasteiger partial charge in [0, 0.05) is 18.0 Å². The largest absolute Gasteiger partial charge is 0.337 e. The van der Waals surface area contributed by atoms with E-state index in [9.17, 15) is 0 Å². The van der Waals surface area contributed by atoms with Crippen molar-refractivity contribution in [1.29, 1.82) is 0 Å². The van der Waals surface area contributed by atoms with Crippen LogP contribution in [0.2, 0.25) is 0 Å². The Balaban J connectivity index is 2.16. The van der Waals surface area contributed by atoms with Crippen LogP contribution in [0.4, 0.5) is 0 Å². The molecule has 0 unspecified atom stereocenters. The lowest BCUT2D eigenvalue weighted by molar-refractivity contribution is 0.335. The molecule has 0 radical (unpaired) electrons. The molecular weight excluding hydrogens is 216 g/mol. The number of hydrogen-bond donors (Lipinski definition) is 1. The van der Waals surface area contributed by atoms with Crippen molar-refractivity contribution in [3.05, 3.63) is 30.4 Å². The van der Waals surface area contributed by atoms with Crippen LogP contribution in [0.1, 0.15) is 32.2 Å². The van der Waals surface area contributed by atoms with E-state index in [1.807, 2.05) is 12.1 Å². The SMILES string of the molecule is CC(C)C[C@H](N)c1nc(-c2ccncc2)no1. The Labute approximate surface area is 100 Å². The summed E-state index contributed by atoms with van der Waals surface area (Å²) < 4.78 is 5.18. The van der Waals surface area contributed by atoms with Gasteiger partial charge in [-0.3, -0.25) is 4.98 Å². The minimum Gasteiger partial charge on any atom is -0.337 e. The molecule has 0 amide bonds. The second-order valence-electron chi connectivity index (χ2n) is 4.43. The van der Waals surface area contributed by atoms with Crippen molar-refractivity contribution in [3.63, 3.8) is 0 Å². The first kappa shape index (κ1) is 11.7. The topological polar surface area (TPSA) is 77.8 Å². The Kier molecular flexibility index (Phi) is 3.49. The predicted octanol–water partition coefficient (Wildman–Crippen LogP) is 2.18. The Morgan fingerprint density at radius 2 is 2.00 bits per heavy atom. The molecule has 0 saturated heterocycles. The molecule has 0 aliphatic carbocycles. The molecule has 2 N–H and O–H groups in total. The van der Waals surface area contributed by atoms with E-state index in [2.05, 4.69) is 29.0 Å². The summed E-state index contributed by atoms with van der Waals surface area (Å²) in [6, 6.07) is 3.48. The maximum absolute atomic E-state index is 5.98. The van der Waals surface area contributed by atoms with E-state index in [1.54, 1.807) is 12.4 Å². The van der Waals surface area contributed by atoms with Crippen molar-refractivity contribution in [2.24, 2.45) is 11.7 Å². The molecule has 0 bridgehead atoms. The van der Waals surface area contributed by atoms with Crippen LogP contribution in [0.25, 0.3) is 11.4 Å². The highest BCUT2D eigenvalue weighted by atomic mass is 16.5. The monoisotopic (exact) mass is 232 g/mol. The molecule has 5 nitrogen and oxygen atoms in total. The van der Waals surface area contributed by atoms with Gasteiger partial charge in [-0.05, 0) is 24.5 Å². The molecule has 1 atom stereocenters. The van der Waals surface area contributed by atoms with Gasteiger partial charge >= 0.3 is 0 Å². The minimum atomic E-state index is -0.196. The summed E-state index contributed by atoms with van der Waals surface area (Å²) in [5.41, 5.74) is 6.86. The maximum Gasteiger partial charge on any atom is 0.243 e.